The van der Waals surface area contributed by atoms with Crippen LogP contribution >= 0.6 is 190 Å². The van der Waals surface area contributed by atoms with Crippen LogP contribution in [-0.4, -0.2) is 19.3 Å². The van der Waals surface area contributed by atoms with Crippen LogP contribution in [0.15, 0.2) is 97.1 Å². The second kappa shape index (κ2) is 64.7. The van der Waals surface area contributed by atoms with Crippen molar-refractivity contribution in [3.8, 4) is 0 Å². The van der Waals surface area contributed by atoms with Gasteiger partial charge in [-0.1, -0.05) is 327 Å². The first-order valence-electron chi connectivity index (χ1n) is 18.6. The Morgan fingerprint density at radius 2 is 0.793 bits per heavy atom. The van der Waals surface area contributed by atoms with E-state index in [0.29, 0.717) is 0 Å². The minimum atomic E-state index is 0. The maximum absolute atomic E-state index is 3.43. The monoisotopic (exact) mass is 1750 g/mol. The summed E-state index contributed by atoms with van der Waals surface area (Å²) in [6.45, 7) is 24.6. The summed E-state index contributed by atoms with van der Waals surface area (Å²) in [7, 11) is 2.15. The number of nitrogens with one attached hydrogen (secondary N) is 1. The first-order valence-corrected chi connectivity index (χ1v) is 31.3. The number of benzene rings is 4. The molecule has 0 aliphatic carbocycles. The van der Waals surface area contributed by atoms with Crippen LogP contribution in [0.25, 0.3) is 0 Å². The van der Waals surface area contributed by atoms with E-state index in [2.05, 4.69) is 301 Å². The number of rotatable bonds is 2. The maximum atomic E-state index is 3.43. The van der Waals surface area contributed by atoms with Crippen molar-refractivity contribution in [1.29, 1.82) is 0 Å². The van der Waals surface area contributed by atoms with Crippen molar-refractivity contribution >= 4 is 190 Å². The molecule has 1 N–H and O–H groups in total. The first kappa shape index (κ1) is 78.6. The summed E-state index contributed by atoms with van der Waals surface area (Å²) in [6.07, 6.45) is 0. The Bertz CT molecular complexity index is 1250. The summed E-state index contributed by atoms with van der Waals surface area (Å²) in [5.41, 5.74) is 11.4. The number of hydrogen-bond acceptors (Lipinski definition) is 2. The summed E-state index contributed by atoms with van der Waals surface area (Å²) >= 11 is 22.4. The van der Waals surface area contributed by atoms with Crippen LogP contribution in [0.2, 0.25) is 0 Å². The first-order chi connectivity index (χ1) is 27.2. The molecule has 0 saturated heterocycles. The number of alkyl halides is 8. The predicted octanol–water partition coefficient (Wildman–Crippen LogP) is 20.1. The number of fused-ring (bicyclic) bond motifs is 2. The van der Waals surface area contributed by atoms with Crippen LogP contribution in [0.5, 0.6) is 0 Å². The normalized spacial score (nSPS) is 9.91. The zero-order valence-electron chi connectivity index (χ0n) is 36.3. The van der Waals surface area contributed by atoms with Gasteiger partial charge < -0.3 is 27.9 Å². The van der Waals surface area contributed by atoms with Crippen LogP contribution in [0.3, 0.4) is 0 Å². The van der Waals surface area contributed by atoms with Gasteiger partial charge in [0, 0.05) is 55.4 Å². The molecule has 4 aromatic carbocycles. The maximum Gasteiger partial charge on any atom is 0.114 e. The average molecular weight is 1750 g/mol. The molecule has 2 aliphatic heterocycles. The largest absolute Gasteiger partial charge is 0.319 e. The minimum Gasteiger partial charge on any atom is -0.319 e. The molecule has 4 aromatic rings. The molecule has 58 heavy (non-hydrogen) atoms. The van der Waals surface area contributed by atoms with Crippen molar-refractivity contribution in [2.75, 3.05) is 14.4 Å². The van der Waals surface area contributed by atoms with Gasteiger partial charge in [0.2, 0.25) is 0 Å². The van der Waals surface area contributed by atoms with E-state index in [9.17, 15) is 0 Å². The van der Waals surface area contributed by atoms with E-state index in [0.717, 1.165) is 36.8 Å². The molecule has 0 spiro atoms. The Morgan fingerprint density at radius 1 is 0.569 bits per heavy atom. The second-order valence-electron chi connectivity index (χ2n) is 9.78. The van der Waals surface area contributed by atoms with E-state index >= 15 is 0 Å². The van der Waals surface area contributed by atoms with Gasteiger partial charge >= 0.3 is 0 Å². The van der Waals surface area contributed by atoms with Gasteiger partial charge in [0.15, 0.2) is 0 Å². The number of halogens is 9. The Morgan fingerprint density at radius 3 is 1.03 bits per heavy atom. The molecular weight excluding hydrogens is 1680 g/mol. The molecule has 12 heteroatoms. The zero-order valence-corrected chi connectivity index (χ0v) is 55.9. The van der Waals surface area contributed by atoms with Crippen LogP contribution in [-0.2, 0) is 55.4 Å². The van der Waals surface area contributed by atoms with Gasteiger partial charge in [-0.2, -0.15) is 0 Å². The molecular formula is C46H74Br2I7N2V-. The van der Waals surface area contributed by atoms with Crippen molar-refractivity contribution < 1.29 is 18.6 Å². The van der Waals surface area contributed by atoms with Crippen LogP contribution in [0.1, 0.15) is 107 Å². The van der Waals surface area contributed by atoms with Crippen LogP contribution < -0.4 is 5.32 Å². The molecule has 2 nitrogen and oxygen atoms in total. The molecule has 0 bridgehead atoms. The quantitative estimate of drug-likeness (QED) is 0.122. The van der Waals surface area contributed by atoms with Gasteiger partial charge in [-0.3, -0.25) is 9.83 Å². The number of nitrogens with zero attached hydrogens (tertiary/aromatic N) is 1. The third-order valence-electron chi connectivity index (χ3n) is 6.58. The van der Waals surface area contributed by atoms with Crippen LogP contribution in [0.4, 0.5) is 0 Å². The topological polar surface area (TPSA) is 15.3 Å². The second-order valence-corrected chi connectivity index (χ2v) is 26.2. The van der Waals surface area contributed by atoms with Crippen molar-refractivity contribution in [3.05, 3.63) is 146 Å². The summed E-state index contributed by atoms with van der Waals surface area (Å²) in [5.74, 6) is 0. The third-order valence-corrected chi connectivity index (χ3v) is 7.79. The fraction of sp³-hybridized carbons (Fsp3) is 0.457. The molecule has 0 atom stereocenters. The summed E-state index contributed by atoms with van der Waals surface area (Å²) in [4.78, 5) is 7.51. The van der Waals surface area contributed by atoms with Gasteiger partial charge in [0.25, 0.3) is 0 Å². The van der Waals surface area contributed by atoms with Crippen molar-refractivity contribution in [1.82, 2.24) is 10.2 Å². The van der Waals surface area contributed by atoms with E-state index < -0.39 is 0 Å². The average Bonchev–Trinajstić information content (AvgIpc) is 3.90. The van der Waals surface area contributed by atoms with E-state index in [1.165, 1.54) is 46.9 Å². The van der Waals surface area contributed by atoms with Crippen molar-refractivity contribution in [2.24, 2.45) is 0 Å². The van der Waals surface area contributed by atoms with Crippen molar-refractivity contribution in [2.45, 2.75) is 113 Å². The SMILES string of the molecule is BrCc1ccccc1CBr.C.CC.CC.CC.CC.CI.CN1Cc2ccccc2C1.Cc1ccccc1C.IC(I)I.ICI.[CH2-]I.[V].c1ccc2c(c1)CNC2. The van der Waals surface area contributed by atoms with Gasteiger partial charge in [-0.05, 0) is 70.3 Å². The minimum absolute atomic E-state index is 0. The number of hydrogen-bond donors (Lipinski definition) is 1. The smallest absolute Gasteiger partial charge is 0.114 e. The van der Waals surface area contributed by atoms with Gasteiger partial charge in [-0.15, -0.1) is 0 Å². The van der Waals surface area contributed by atoms with E-state index in [1.54, 1.807) is 0 Å². The summed E-state index contributed by atoms with van der Waals surface area (Å²) < 4.78 is 1.93. The molecule has 2 aliphatic rings. The standard InChI is InChI=1S/C9H11N.C8H8Br2.C8H9N.C8H10.4C2H6.CHI3.CH2I2.CH3I.CH2I.CH4.V/c1-10-6-8-4-2-3-5-9(8)7-10;9-5-7-3-1-2-4-8(7)6-10;1-2-4-8-6-9-5-7(8)3-1;1-7-5-3-4-6-8(7)2;4*1-2;2-1(3)4;2-1-3;2*1-2;;/h2-5H,6-7H2,1H3;1-4H,5-6H2;1-4,9H,5-6H2;3-6H,1-2H3;4*1-2H3;1H;1H2;1H3;1H2;1H4;/q;;;;;;;;;;;-1;;. The molecule has 337 valence electrons. The molecule has 0 unspecified atom stereocenters. The van der Waals surface area contributed by atoms with Crippen LogP contribution in [0, 0.1) is 18.8 Å². The number of aryl methyl sites for hydroxylation is 2. The fourth-order valence-corrected chi connectivity index (χ4v) is 5.31. The molecule has 6 rings (SSSR count). The van der Waals surface area contributed by atoms with E-state index in [1.807, 2.05) is 82.9 Å². The zero-order chi connectivity index (χ0) is 44.7. The molecule has 2 heterocycles. The Hall–Kier alpha value is 3.45. The Labute approximate surface area is 485 Å². The molecule has 0 saturated carbocycles. The molecule has 0 fully saturated rings. The third kappa shape index (κ3) is 47.4. The van der Waals surface area contributed by atoms with E-state index in [-0.39, 0.29) is 26.0 Å². The molecule has 1 radical (unpaired) electrons. The molecule has 0 amide bonds. The molecule has 0 aromatic heterocycles. The van der Waals surface area contributed by atoms with Crippen molar-refractivity contribution in [3.63, 3.8) is 0 Å². The fourth-order valence-electron chi connectivity index (χ4n) is 4.22. The Kier molecular flexibility index (Phi) is 87.7. The predicted molar refractivity (Wildman–Crippen MR) is 336 cm³/mol. The van der Waals surface area contributed by atoms with Gasteiger partial charge in [0.05, 0.1) is 2.43 Å². The summed E-state index contributed by atoms with van der Waals surface area (Å²) in [6, 6.07) is 33.9. The van der Waals surface area contributed by atoms with E-state index in [4.69, 9.17) is 0 Å². The Balaban J connectivity index is -0.0000000834. The summed E-state index contributed by atoms with van der Waals surface area (Å²) in [5, 5.41) is 5.17. The van der Waals surface area contributed by atoms with Gasteiger partial charge in [-0.25, -0.2) is 0 Å². The van der Waals surface area contributed by atoms with Gasteiger partial charge in [0.1, 0.15) is -0.0619 Å².